The van der Waals surface area contributed by atoms with E-state index in [0.29, 0.717) is 6.54 Å². The highest BCUT2D eigenvalue weighted by Gasteiger charge is 2.10. The van der Waals surface area contributed by atoms with Gasteiger partial charge in [0.2, 0.25) is 5.91 Å². The maximum absolute atomic E-state index is 11.3. The van der Waals surface area contributed by atoms with E-state index in [1.165, 1.54) is 0 Å². The van der Waals surface area contributed by atoms with E-state index < -0.39 is 0 Å². The lowest BCUT2D eigenvalue weighted by molar-refractivity contribution is -0.117. The Labute approximate surface area is 74.4 Å². The molecule has 0 aliphatic rings. The maximum Gasteiger partial charge on any atom is 0.247 e. The van der Waals surface area contributed by atoms with Crippen LogP contribution in [-0.2, 0) is 4.79 Å². The molecular formula is C10H17NO. The predicted octanol–water partition coefficient (Wildman–Crippen LogP) is 1.89. The Morgan fingerprint density at radius 1 is 1.58 bits per heavy atom. The third-order valence-corrected chi connectivity index (χ3v) is 1.60. The normalized spacial score (nSPS) is 11.5. The molecule has 2 nitrogen and oxygen atoms in total. The van der Waals surface area contributed by atoms with Crippen LogP contribution in [0.25, 0.3) is 0 Å². The van der Waals surface area contributed by atoms with Gasteiger partial charge in [-0.1, -0.05) is 26.0 Å². The van der Waals surface area contributed by atoms with Crippen LogP contribution in [-0.4, -0.2) is 12.5 Å². The standard InChI is InChI=1S/C10H17NO/c1-5-7-11-10(12)9(6-2)8(3)4/h5-6,8H,1,7H2,2-4H3,(H,11,12)/b9-6+. The number of carbonyl (C=O) groups excluding carboxylic acids is 1. The molecule has 2 heteroatoms. The van der Waals surface area contributed by atoms with Crippen LogP contribution in [0.2, 0.25) is 0 Å². The Morgan fingerprint density at radius 2 is 2.17 bits per heavy atom. The number of allylic oxidation sites excluding steroid dienone is 1. The van der Waals surface area contributed by atoms with Gasteiger partial charge in [-0.25, -0.2) is 0 Å². The van der Waals surface area contributed by atoms with Gasteiger partial charge < -0.3 is 5.32 Å². The molecule has 0 saturated carbocycles. The van der Waals surface area contributed by atoms with Gasteiger partial charge in [-0.2, -0.15) is 0 Å². The minimum atomic E-state index is 0.00685. The zero-order valence-corrected chi connectivity index (χ0v) is 8.05. The van der Waals surface area contributed by atoms with Crippen LogP contribution in [0.15, 0.2) is 24.3 Å². The van der Waals surface area contributed by atoms with E-state index in [4.69, 9.17) is 0 Å². The molecule has 0 heterocycles. The first-order valence-electron chi connectivity index (χ1n) is 4.18. The third kappa shape index (κ3) is 3.37. The van der Waals surface area contributed by atoms with Crippen LogP contribution < -0.4 is 5.32 Å². The van der Waals surface area contributed by atoms with Gasteiger partial charge in [0.1, 0.15) is 0 Å². The van der Waals surface area contributed by atoms with Crippen molar-refractivity contribution >= 4 is 5.91 Å². The van der Waals surface area contributed by atoms with Crippen molar-refractivity contribution in [3.05, 3.63) is 24.3 Å². The molecule has 0 aliphatic carbocycles. The summed E-state index contributed by atoms with van der Waals surface area (Å²) >= 11 is 0. The Morgan fingerprint density at radius 3 is 2.50 bits per heavy atom. The van der Waals surface area contributed by atoms with Crippen molar-refractivity contribution in [2.75, 3.05) is 6.54 Å². The Balaban J connectivity index is 4.14. The van der Waals surface area contributed by atoms with E-state index in [-0.39, 0.29) is 11.8 Å². The fourth-order valence-electron chi connectivity index (χ4n) is 0.994. The zero-order chi connectivity index (χ0) is 9.56. The second kappa shape index (κ2) is 5.58. The van der Waals surface area contributed by atoms with Crippen molar-refractivity contribution in [3.63, 3.8) is 0 Å². The average molecular weight is 167 g/mol. The molecule has 0 atom stereocenters. The first-order valence-corrected chi connectivity index (χ1v) is 4.18. The summed E-state index contributed by atoms with van der Waals surface area (Å²) in [5, 5.41) is 2.74. The molecule has 0 saturated heterocycles. The van der Waals surface area contributed by atoms with Gasteiger partial charge in [0.15, 0.2) is 0 Å². The highest BCUT2D eigenvalue weighted by atomic mass is 16.1. The summed E-state index contributed by atoms with van der Waals surface area (Å²) in [4.78, 5) is 11.3. The number of amides is 1. The van der Waals surface area contributed by atoms with Gasteiger partial charge >= 0.3 is 0 Å². The lowest BCUT2D eigenvalue weighted by Gasteiger charge is -2.09. The SMILES string of the molecule is C=CCNC(=O)/C(=C/C)C(C)C. The average Bonchev–Trinajstić information content (AvgIpc) is 2.01. The summed E-state index contributed by atoms with van der Waals surface area (Å²) in [6.07, 6.45) is 3.52. The molecule has 68 valence electrons. The van der Waals surface area contributed by atoms with Gasteiger partial charge in [0.25, 0.3) is 0 Å². The van der Waals surface area contributed by atoms with Crippen LogP contribution in [0.5, 0.6) is 0 Å². The maximum atomic E-state index is 11.3. The monoisotopic (exact) mass is 167 g/mol. The van der Waals surface area contributed by atoms with Gasteiger partial charge in [-0.15, -0.1) is 6.58 Å². The molecule has 1 amide bonds. The van der Waals surface area contributed by atoms with Crippen molar-refractivity contribution in [2.24, 2.45) is 5.92 Å². The lowest BCUT2D eigenvalue weighted by atomic mass is 10.0. The molecule has 0 fully saturated rings. The summed E-state index contributed by atoms with van der Waals surface area (Å²) in [6.45, 7) is 9.94. The van der Waals surface area contributed by atoms with Crippen molar-refractivity contribution in [3.8, 4) is 0 Å². The van der Waals surface area contributed by atoms with E-state index >= 15 is 0 Å². The van der Waals surface area contributed by atoms with Crippen LogP contribution in [0, 0.1) is 5.92 Å². The molecule has 0 aromatic heterocycles. The third-order valence-electron chi connectivity index (χ3n) is 1.60. The fraction of sp³-hybridized carbons (Fsp3) is 0.500. The molecule has 12 heavy (non-hydrogen) atoms. The molecule has 0 aromatic carbocycles. The molecule has 0 rings (SSSR count). The Kier molecular flexibility index (Phi) is 5.09. The minimum absolute atomic E-state index is 0.00685. The number of hydrogen-bond acceptors (Lipinski definition) is 1. The molecule has 1 N–H and O–H groups in total. The van der Waals surface area contributed by atoms with E-state index in [1.54, 1.807) is 6.08 Å². The summed E-state index contributed by atoms with van der Waals surface area (Å²) in [5.41, 5.74) is 0.830. The summed E-state index contributed by atoms with van der Waals surface area (Å²) in [5.74, 6) is 0.284. The van der Waals surface area contributed by atoms with Gasteiger partial charge in [-0.3, -0.25) is 4.79 Å². The fourth-order valence-corrected chi connectivity index (χ4v) is 0.994. The molecule has 0 unspecified atom stereocenters. The van der Waals surface area contributed by atoms with E-state index in [2.05, 4.69) is 11.9 Å². The van der Waals surface area contributed by atoms with Gasteiger partial charge in [0.05, 0.1) is 0 Å². The van der Waals surface area contributed by atoms with Crippen molar-refractivity contribution in [2.45, 2.75) is 20.8 Å². The van der Waals surface area contributed by atoms with Crippen molar-refractivity contribution in [1.29, 1.82) is 0 Å². The molecular weight excluding hydrogens is 150 g/mol. The van der Waals surface area contributed by atoms with Gasteiger partial charge in [-0.05, 0) is 12.8 Å². The Hall–Kier alpha value is -1.05. The van der Waals surface area contributed by atoms with E-state index in [1.807, 2.05) is 26.8 Å². The largest absolute Gasteiger partial charge is 0.349 e. The molecule has 0 bridgehead atoms. The smallest absolute Gasteiger partial charge is 0.247 e. The van der Waals surface area contributed by atoms with Gasteiger partial charge in [0, 0.05) is 12.1 Å². The Bertz CT molecular complexity index is 192. The molecule has 0 radical (unpaired) electrons. The summed E-state index contributed by atoms with van der Waals surface area (Å²) in [6, 6.07) is 0. The van der Waals surface area contributed by atoms with Crippen LogP contribution in [0.3, 0.4) is 0 Å². The highest BCUT2D eigenvalue weighted by molar-refractivity contribution is 5.93. The molecule has 0 aliphatic heterocycles. The predicted molar refractivity (Wildman–Crippen MR) is 51.8 cm³/mol. The lowest BCUT2D eigenvalue weighted by Crippen LogP contribution is -2.26. The number of rotatable bonds is 4. The quantitative estimate of drug-likeness (QED) is 0.503. The first kappa shape index (κ1) is 11.0. The first-order chi connectivity index (χ1) is 5.63. The molecule has 0 aromatic rings. The second-order valence-electron chi connectivity index (χ2n) is 2.90. The van der Waals surface area contributed by atoms with E-state index in [0.717, 1.165) is 5.57 Å². The van der Waals surface area contributed by atoms with E-state index in [9.17, 15) is 4.79 Å². The number of nitrogens with one attached hydrogen (secondary N) is 1. The molecule has 0 spiro atoms. The number of hydrogen-bond donors (Lipinski definition) is 1. The number of carbonyl (C=O) groups is 1. The van der Waals surface area contributed by atoms with Crippen molar-refractivity contribution in [1.82, 2.24) is 5.32 Å². The topological polar surface area (TPSA) is 29.1 Å². The summed E-state index contributed by atoms with van der Waals surface area (Å²) in [7, 11) is 0. The van der Waals surface area contributed by atoms with Crippen LogP contribution >= 0.6 is 0 Å². The van der Waals surface area contributed by atoms with Crippen LogP contribution in [0.1, 0.15) is 20.8 Å². The highest BCUT2D eigenvalue weighted by Crippen LogP contribution is 2.08. The second-order valence-corrected chi connectivity index (χ2v) is 2.90. The minimum Gasteiger partial charge on any atom is -0.349 e. The van der Waals surface area contributed by atoms with Crippen molar-refractivity contribution < 1.29 is 4.79 Å². The van der Waals surface area contributed by atoms with Crippen LogP contribution in [0.4, 0.5) is 0 Å². The summed E-state index contributed by atoms with van der Waals surface area (Å²) < 4.78 is 0. The zero-order valence-electron chi connectivity index (χ0n) is 8.05.